The number of nitro benzene ring substituents is 1. The van der Waals surface area contributed by atoms with Gasteiger partial charge in [0, 0.05) is 17.7 Å². The number of benzene rings is 3. The van der Waals surface area contributed by atoms with Gasteiger partial charge in [0.2, 0.25) is 11.7 Å². The Hall–Kier alpha value is -4.84. The van der Waals surface area contributed by atoms with Crippen LogP contribution in [0.5, 0.6) is 23.0 Å². The molecule has 3 aromatic rings. The Labute approximate surface area is 229 Å². The molecular formula is C28H27N3O9. The van der Waals surface area contributed by atoms with Crippen molar-refractivity contribution in [2.24, 2.45) is 5.92 Å². The molecule has 12 heteroatoms. The van der Waals surface area contributed by atoms with E-state index in [2.05, 4.69) is 0 Å². The summed E-state index contributed by atoms with van der Waals surface area (Å²) in [6.07, 6.45) is -1.19. The number of fused-ring (bicyclic) bond motifs is 1. The van der Waals surface area contributed by atoms with Crippen LogP contribution in [0.25, 0.3) is 0 Å². The van der Waals surface area contributed by atoms with Gasteiger partial charge in [-0.25, -0.2) is 9.96 Å². The quantitative estimate of drug-likeness (QED) is 0.219. The van der Waals surface area contributed by atoms with Gasteiger partial charge in [-0.1, -0.05) is 6.07 Å². The van der Waals surface area contributed by atoms with Crippen LogP contribution in [0.15, 0.2) is 60.7 Å². The van der Waals surface area contributed by atoms with Gasteiger partial charge in [-0.15, -0.1) is 0 Å². The molecular weight excluding hydrogens is 522 g/mol. The normalized spacial score (nSPS) is 19.9. The van der Waals surface area contributed by atoms with Crippen LogP contribution in [-0.2, 0) is 14.4 Å². The molecule has 2 aliphatic rings. The van der Waals surface area contributed by atoms with Crippen LogP contribution in [0.2, 0.25) is 0 Å². The first kappa shape index (κ1) is 26.8. The maximum absolute atomic E-state index is 14.0. The highest BCUT2D eigenvalue weighted by Gasteiger charge is 2.61. The summed E-state index contributed by atoms with van der Waals surface area (Å²) in [4.78, 5) is 45.9. The van der Waals surface area contributed by atoms with E-state index in [-0.39, 0.29) is 17.2 Å². The summed E-state index contributed by atoms with van der Waals surface area (Å²) in [6.45, 7) is 2.33. The molecule has 2 fully saturated rings. The largest absolute Gasteiger partial charge is 0.494 e. The number of hydroxylamine groups is 1. The number of rotatable bonds is 9. The summed E-state index contributed by atoms with van der Waals surface area (Å²) in [7, 11) is 4.38. The van der Waals surface area contributed by atoms with Crippen LogP contribution in [0.3, 0.4) is 0 Å². The molecule has 0 unspecified atom stereocenters. The average Bonchev–Trinajstić information content (AvgIpc) is 3.48. The van der Waals surface area contributed by atoms with E-state index >= 15 is 0 Å². The SMILES string of the molecule is CCOc1ccc(N2C(=O)[C@@H]3[C@@H](c4ccc(OC)c(OC)c4OC)N(c4cccc([N+](=O)[O-])c4)O[C@H]3C2=O)cc1. The van der Waals surface area contributed by atoms with Crippen molar-refractivity contribution in [1.82, 2.24) is 0 Å². The summed E-state index contributed by atoms with van der Waals surface area (Å²) in [5.74, 6) is -0.510. The Morgan fingerprint density at radius 1 is 0.900 bits per heavy atom. The average molecular weight is 550 g/mol. The van der Waals surface area contributed by atoms with Gasteiger partial charge in [0.1, 0.15) is 17.7 Å². The number of amides is 2. The topological polar surface area (TPSA) is 130 Å². The van der Waals surface area contributed by atoms with E-state index in [1.165, 1.54) is 44.6 Å². The minimum absolute atomic E-state index is 0.176. The van der Waals surface area contributed by atoms with Gasteiger partial charge in [0.05, 0.1) is 44.2 Å². The fourth-order valence-electron chi connectivity index (χ4n) is 5.17. The fourth-order valence-corrected chi connectivity index (χ4v) is 5.17. The van der Waals surface area contributed by atoms with Crippen LogP contribution in [0, 0.1) is 16.0 Å². The molecule has 2 amide bonds. The van der Waals surface area contributed by atoms with E-state index in [4.69, 9.17) is 23.8 Å². The third-order valence-corrected chi connectivity index (χ3v) is 6.87. The number of hydrogen-bond donors (Lipinski definition) is 0. The van der Waals surface area contributed by atoms with Crippen molar-refractivity contribution in [2.45, 2.75) is 19.1 Å². The van der Waals surface area contributed by atoms with Crippen LogP contribution in [0.4, 0.5) is 17.1 Å². The minimum Gasteiger partial charge on any atom is -0.494 e. The van der Waals surface area contributed by atoms with Crippen molar-refractivity contribution < 1.29 is 38.3 Å². The number of hydrogen-bond acceptors (Lipinski definition) is 10. The second-order valence-electron chi connectivity index (χ2n) is 8.96. The zero-order valence-corrected chi connectivity index (χ0v) is 22.2. The zero-order chi connectivity index (χ0) is 28.6. The second kappa shape index (κ2) is 10.7. The van der Waals surface area contributed by atoms with Crippen molar-refractivity contribution in [2.75, 3.05) is 37.9 Å². The molecule has 0 saturated carbocycles. The Morgan fingerprint density at radius 3 is 2.25 bits per heavy atom. The molecule has 3 atom stereocenters. The molecule has 0 N–H and O–H groups in total. The molecule has 0 aliphatic carbocycles. The molecule has 12 nitrogen and oxygen atoms in total. The lowest BCUT2D eigenvalue weighted by molar-refractivity contribution is -0.384. The third-order valence-electron chi connectivity index (χ3n) is 6.87. The van der Waals surface area contributed by atoms with Gasteiger partial charge < -0.3 is 18.9 Å². The maximum Gasteiger partial charge on any atom is 0.271 e. The molecule has 2 heterocycles. The highest BCUT2D eigenvalue weighted by molar-refractivity contribution is 6.24. The molecule has 40 heavy (non-hydrogen) atoms. The second-order valence-corrected chi connectivity index (χ2v) is 8.96. The summed E-state index contributed by atoms with van der Waals surface area (Å²) < 4.78 is 22.2. The lowest BCUT2D eigenvalue weighted by Gasteiger charge is -2.30. The van der Waals surface area contributed by atoms with E-state index in [1.807, 2.05) is 6.92 Å². The first-order valence-corrected chi connectivity index (χ1v) is 12.4. The highest BCUT2D eigenvalue weighted by Crippen LogP contribution is 2.52. The monoisotopic (exact) mass is 549 g/mol. The van der Waals surface area contributed by atoms with E-state index in [0.29, 0.717) is 35.0 Å². The van der Waals surface area contributed by atoms with Crippen molar-refractivity contribution in [1.29, 1.82) is 0 Å². The Balaban J connectivity index is 1.63. The van der Waals surface area contributed by atoms with Gasteiger partial charge >= 0.3 is 0 Å². The number of nitro groups is 1. The first-order chi connectivity index (χ1) is 19.3. The smallest absolute Gasteiger partial charge is 0.271 e. The summed E-state index contributed by atoms with van der Waals surface area (Å²) in [5, 5.41) is 12.9. The molecule has 2 saturated heterocycles. The predicted octanol–water partition coefficient (Wildman–Crippen LogP) is 4.07. The highest BCUT2D eigenvalue weighted by atomic mass is 16.7. The lowest BCUT2D eigenvalue weighted by Crippen LogP contribution is -2.37. The van der Waals surface area contributed by atoms with E-state index in [0.717, 1.165) is 4.90 Å². The van der Waals surface area contributed by atoms with Gasteiger partial charge in [-0.2, -0.15) is 0 Å². The fraction of sp³-hybridized carbons (Fsp3) is 0.286. The van der Waals surface area contributed by atoms with Gasteiger partial charge in [0.15, 0.2) is 17.6 Å². The van der Waals surface area contributed by atoms with Crippen LogP contribution in [-0.4, -0.2) is 50.8 Å². The number of imide groups is 1. The van der Waals surface area contributed by atoms with Gasteiger partial charge in [-0.3, -0.25) is 24.5 Å². The van der Waals surface area contributed by atoms with Crippen molar-refractivity contribution in [3.05, 3.63) is 76.3 Å². The standard InChI is InChI=1S/C28H27N3O9/c1-5-39-19-11-9-16(10-12-19)29-27(32)22-23(20-13-14-21(36-2)25(38-4)24(20)37-3)30(40-26(22)28(29)33)17-7-6-8-18(15-17)31(34)35/h6-15,22-23,26H,5H2,1-4H3/t22-,23-,26-/m1/s1. The van der Waals surface area contributed by atoms with Crippen molar-refractivity contribution in [3.8, 4) is 23.0 Å². The molecule has 5 rings (SSSR count). The molecule has 2 aliphatic heterocycles. The Bertz CT molecular complexity index is 1460. The summed E-state index contributed by atoms with van der Waals surface area (Å²) in [5.41, 5.74) is 0.953. The number of methoxy groups -OCH3 is 3. The van der Waals surface area contributed by atoms with Crippen molar-refractivity contribution >= 4 is 28.9 Å². The molecule has 0 aromatic heterocycles. The number of carbonyl (C=O) groups is 2. The van der Waals surface area contributed by atoms with E-state index < -0.39 is 34.8 Å². The van der Waals surface area contributed by atoms with Crippen LogP contribution < -0.4 is 28.9 Å². The van der Waals surface area contributed by atoms with Crippen LogP contribution in [0.1, 0.15) is 18.5 Å². The predicted molar refractivity (Wildman–Crippen MR) is 143 cm³/mol. The number of non-ortho nitro benzene ring substituents is 1. The molecule has 208 valence electrons. The zero-order valence-electron chi connectivity index (χ0n) is 22.2. The maximum atomic E-state index is 14.0. The lowest BCUT2D eigenvalue weighted by atomic mass is 9.89. The minimum atomic E-state index is -1.19. The summed E-state index contributed by atoms with van der Waals surface area (Å²) >= 11 is 0. The van der Waals surface area contributed by atoms with E-state index in [1.54, 1.807) is 42.5 Å². The van der Waals surface area contributed by atoms with Crippen molar-refractivity contribution in [3.63, 3.8) is 0 Å². The third kappa shape index (κ3) is 4.31. The van der Waals surface area contributed by atoms with E-state index in [9.17, 15) is 19.7 Å². The van der Waals surface area contributed by atoms with Gasteiger partial charge in [0.25, 0.3) is 11.6 Å². The molecule has 0 radical (unpaired) electrons. The number of carbonyl (C=O) groups excluding carboxylic acids is 2. The first-order valence-electron chi connectivity index (χ1n) is 12.4. The summed E-state index contributed by atoms with van der Waals surface area (Å²) in [6, 6.07) is 14.8. The molecule has 0 spiro atoms. The Morgan fingerprint density at radius 2 is 1.62 bits per heavy atom. The molecule has 3 aromatic carbocycles. The van der Waals surface area contributed by atoms with Gasteiger partial charge in [-0.05, 0) is 49.4 Å². The van der Waals surface area contributed by atoms with Crippen LogP contribution >= 0.6 is 0 Å². The number of ether oxygens (including phenoxy) is 4. The number of anilines is 2. The molecule has 0 bridgehead atoms. The Kier molecular flexibility index (Phi) is 7.18. The number of nitrogens with zero attached hydrogens (tertiary/aromatic N) is 3.